The third-order valence-corrected chi connectivity index (χ3v) is 5.48. The summed E-state index contributed by atoms with van der Waals surface area (Å²) in [7, 11) is 0. The second-order valence-electron chi connectivity index (χ2n) is 8.17. The molecule has 7 heteroatoms. The fraction of sp³-hybridized carbons (Fsp3) is 0.526. The van der Waals surface area contributed by atoms with Crippen molar-refractivity contribution in [1.29, 1.82) is 0 Å². The Morgan fingerprint density at radius 3 is 2.46 bits per heavy atom. The molecule has 0 radical (unpaired) electrons. The van der Waals surface area contributed by atoms with Crippen LogP contribution in [0.1, 0.15) is 46.6 Å². The number of hydrogen-bond donors (Lipinski definition) is 2. The molecule has 0 unspecified atom stereocenters. The van der Waals surface area contributed by atoms with Crippen LogP contribution >= 0.6 is 23.1 Å². The molecule has 1 amide bonds. The normalized spacial score (nSPS) is 12.0. The molecular weight excluding hydrogens is 364 g/mol. The first kappa shape index (κ1) is 20.7. The monoisotopic (exact) mass is 392 g/mol. The Balaban J connectivity index is 1.77. The fourth-order valence-electron chi connectivity index (χ4n) is 3.02. The highest BCUT2D eigenvalue weighted by Crippen LogP contribution is 2.28. The van der Waals surface area contributed by atoms with Crippen LogP contribution in [-0.4, -0.2) is 27.4 Å². The summed E-state index contributed by atoms with van der Waals surface area (Å²) in [6.07, 6.45) is 0.919. The smallest absolute Gasteiger partial charge is 0.230 e. The highest BCUT2D eigenvalue weighted by Gasteiger charge is 2.27. The average Bonchev–Trinajstić information content (AvgIpc) is 2.97. The van der Waals surface area contributed by atoms with Crippen LogP contribution in [0.5, 0.6) is 0 Å². The van der Waals surface area contributed by atoms with E-state index in [1.165, 1.54) is 28.7 Å². The highest BCUT2D eigenvalue weighted by atomic mass is 32.2. The van der Waals surface area contributed by atoms with Crippen LogP contribution < -0.4 is 10.6 Å². The van der Waals surface area contributed by atoms with Crippen molar-refractivity contribution in [3.05, 3.63) is 35.9 Å². The lowest BCUT2D eigenvalue weighted by Gasteiger charge is -2.33. The molecule has 0 fully saturated rings. The molecule has 0 bridgehead atoms. The van der Waals surface area contributed by atoms with Crippen LogP contribution in [0, 0.1) is 5.41 Å². The van der Waals surface area contributed by atoms with Gasteiger partial charge in [0.25, 0.3) is 0 Å². The third kappa shape index (κ3) is 7.74. The van der Waals surface area contributed by atoms with Gasteiger partial charge in [-0.05, 0) is 31.2 Å². The molecule has 0 saturated carbocycles. The van der Waals surface area contributed by atoms with Gasteiger partial charge < -0.3 is 10.6 Å². The Labute approximate surface area is 164 Å². The van der Waals surface area contributed by atoms with Crippen molar-refractivity contribution in [2.75, 3.05) is 11.1 Å². The minimum atomic E-state index is -0.223. The van der Waals surface area contributed by atoms with Crippen molar-refractivity contribution < 1.29 is 4.79 Å². The first-order chi connectivity index (χ1) is 12.1. The van der Waals surface area contributed by atoms with Gasteiger partial charge in [0, 0.05) is 12.1 Å². The summed E-state index contributed by atoms with van der Waals surface area (Å²) in [5.41, 5.74) is 1.14. The lowest BCUT2D eigenvalue weighted by atomic mass is 9.82. The standard InChI is InChI=1S/C19H28N4OS2/c1-18(2,3)13-19(4,5)21-15(24)12-25-17-23-22-16(26-17)20-11-14-9-7-6-8-10-14/h6-10H,11-13H2,1-5H3,(H,20,22)(H,21,24). The van der Waals surface area contributed by atoms with Gasteiger partial charge in [0.2, 0.25) is 11.0 Å². The lowest BCUT2D eigenvalue weighted by molar-refractivity contribution is -0.120. The molecule has 1 heterocycles. The number of benzene rings is 1. The molecule has 2 rings (SSSR count). The van der Waals surface area contributed by atoms with Crippen molar-refractivity contribution >= 4 is 34.1 Å². The summed E-state index contributed by atoms with van der Waals surface area (Å²) in [5.74, 6) is 0.374. The van der Waals surface area contributed by atoms with Crippen molar-refractivity contribution in [3.63, 3.8) is 0 Å². The second-order valence-corrected chi connectivity index (χ2v) is 10.4. The maximum absolute atomic E-state index is 12.2. The van der Waals surface area contributed by atoms with Gasteiger partial charge in [-0.3, -0.25) is 4.79 Å². The van der Waals surface area contributed by atoms with E-state index in [1.54, 1.807) is 0 Å². The highest BCUT2D eigenvalue weighted by molar-refractivity contribution is 8.01. The second kappa shape index (κ2) is 8.86. The van der Waals surface area contributed by atoms with Crippen molar-refractivity contribution in [1.82, 2.24) is 15.5 Å². The van der Waals surface area contributed by atoms with E-state index in [1.807, 2.05) is 18.2 Å². The predicted octanol–water partition coefficient (Wildman–Crippen LogP) is 4.57. The maximum atomic E-state index is 12.2. The van der Waals surface area contributed by atoms with Gasteiger partial charge in [0.05, 0.1) is 5.75 Å². The van der Waals surface area contributed by atoms with Crippen LogP contribution in [0.25, 0.3) is 0 Å². The number of rotatable bonds is 8. The van der Waals surface area contributed by atoms with E-state index in [9.17, 15) is 4.79 Å². The lowest BCUT2D eigenvalue weighted by Crippen LogP contribution is -2.46. The number of carbonyl (C=O) groups excluding carboxylic acids is 1. The quantitative estimate of drug-likeness (QED) is 0.644. The van der Waals surface area contributed by atoms with E-state index >= 15 is 0 Å². The first-order valence-electron chi connectivity index (χ1n) is 8.68. The van der Waals surface area contributed by atoms with E-state index in [4.69, 9.17) is 0 Å². The zero-order chi connectivity index (χ0) is 19.2. The summed E-state index contributed by atoms with van der Waals surface area (Å²) in [5, 5.41) is 15.4. The fourth-order valence-corrected chi connectivity index (χ4v) is 4.57. The molecule has 0 spiro atoms. The van der Waals surface area contributed by atoms with Crippen LogP contribution in [0.15, 0.2) is 34.7 Å². The van der Waals surface area contributed by atoms with Crippen LogP contribution in [0.2, 0.25) is 0 Å². The molecule has 1 aromatic carbocycles. The number of hydrogen-bond acceptors (Lipinski definition) is 6. The molecule has 2 aromatic rings. The summed E-state index contributed by atoms with van der Waals surface area (Å²) in [6, 6.07) is 10.1. The number of carbonyl (C=O) groups is 1. The van der Waals surface area contributed by atoms with Gasteiger partial charge >= 0.3 is 0 Å². The Bertz CT molecular complexity index is 708. The molecule has 0 aliphatic carbocycles. The summed E-state index contributed by atoms with van der Waals surface area (Å²) >= 11 is 2.89. The van der Waals surface area contributed by atoms with E-state index in [0.717, 1.165) is 15.9 Å². The molecular formula is C19H28N4OS2. The maximum Gasteiger partial charge on any atom is 0.230 e. The largest absolute Gasteiger partial charge is 0.356 e. The first-order valence-corrected chi connectivity index (χ1v) is 10.5. The molecule has 142 valence electrons. The van der Waals surface area contributed by atoms with Gasteiger partial charge in [0.15, 0.2) is 4.34 Å². The SMILES string of the molecule is CC(C)(C)CC(C)(C)NC(=O)CSc1nnc(NCc2ccccc2)s1. The minimum Gasteiger partial charge on any atom is -0.356 e. The van der Waals surface area contributed by atoms with Crippen LogP contribution in [-0.2, 0) is 11.3 Å². The molecule has 0 aliphatic heterocycles. The zero-order valence-electron chi connectivity index (χ0n) is 16.1. The van der Waals surface area contributed by atoms with Gasteiger partial charge in [-0.2, -0.15) is 0 Å². The topological polar surface area (TPSA) is 66.9 Å². The predicted molar refractivity (Wildman–Crippen MR) is 111 cm³/mol. The molecule has 0 saturated heterocycles. The van der Waals surface area contributed by atoms with Crippen molar-refractivity contribution in [2.45, 2.75) is 57.5 Å². The number of nitrogens with zero attached hydrogens (tertiary/aromatic N) is 2. The average molecular weight is 393 g/mol. The number of amides is 1. The Morgan fingerprint density at radius 1 is 1.12 bits per heavy atom. The van der Waals surface area contributed by atoms with E-state index in [0.29, 0.717) is 12.3 Å². The zero-order valence-corrected chi connectivity index (χ0v) is 17.8. The number of aromatic nitrogens is 2. The Hall–Kier alpha value is -1.60. The van der Waals surface area contributed by atoms with E-state index in [-0.39, 0.29) is 16.9 Å². The number of thioether (sulfide) groups is 1. The molecule has 26 heavy (non-hydrogen) atoms. The summed E-state index contributed by atoms with van der Waals surface area (Å²) in [4.78, 5) is 12.2. The van der Waals surface area contributed by atoms with Crippen LogP contribution in [0.4, 0.5) is 5.13 Å². The Kier molecular flexibility index (Phi) is 7.06. The van der Waals surface area contributed by atoms with Crippen molar-refractivity contribution in [2.24, 2.45) is 5.41 Å². The molecule has 0 atom stereocenters. The minimum absolute atomic E-state index is 0.0262. The van der Waals surface area contributed by atoms with Gasteiger partial charge in [0.1, 0.15) is 0 Å². The van der Waals surface area contributed by atoms with E-state index < -0.39 is 0 Å². The number of anilines is 1. The molecule has 2 N–H and O–H groups in total. The molecule has 0 aliphatic rings. The van der Waals surface area contributed by atoms with Gasteiger partial charge in [-0.1, -0.05) is 74.2 Å². The molecule has 5 nitrogen and oxygen atoms in total. The molecule has 1 aromatic heterocycles. The van der Waals surface area contributed by atoms with Crippen LogP contribution in [0.3, 0.4) is 0 Å². The summed E-state index contributed by atoms with van der Waals surface area (Å²) < 4.78 is 0.796. The summed E-state index contributed by atoms with van der Waals surface area (Å²) in [6.45, 7) is 11.4. The number of nitrogens with one attached hydrogen (secondary N) is 2. The van der Waals surface area contributed by atoms with Crippen molar-refractivity contribution in [3.8, 4) is 0 Å². The third-order valence-electron chi connectivity index (χ3n) is 3.47. The van der Waals surface area contributed by atoms with Gasteiger partial charge in [-0.25, -0.2) is 0 Å². The van der Waals surface area contributed by atoms with E-state index in [2.05, 4.69) is 67.6 Å². The van der Waals surface area contributed by atoms with Gasteiger partial charge in [-0.15, -0.1) is 10.2 Å². The Morgan fingerprint density at radius 2 is 1.81 bits per heavy atom.